The predicted octanol–water partition coefficient (Wildman–Crippen LogP) is 5.05. The lowest BCUT2D eigenvalue weighted by Crippen LogP contribution is -2.16. The minimum Gasteiger partial charge on any atom is -0.462 e. The average Bonchev–Trinajstić information content (AvgIpc) is 3.21. The van der Waals surface area contributed by atoms with Crippen molar-refractivity contribution in [2.75, 3.05) is 11.9 Å². The Kier molecular flexibility index (Phi) is 7.10. The van der Waals surface area contributed by atoms with E-state index in [1.165, 1.54) is 24.3 Å². The average molecular weight is 447 g/mol. The van der Waals surface area contributed by atoms with Crippen molar-refractivity contribution in [1.82, 2.24) is 0 Å². The number of benzene rings is 2. The van der Waals surface area contributed by atoms with E-state index in [1.807, 2.05) is 30.3 Å². The highest BCUT2D eigenvalue weighted by atomic mass is 32.1. The molecular weight excluding hydrogens is 430 g/mol. The van der Waals surface area contributed by atoms with Crippen LogP contribution < -0.4 is 5.32 Å². The summed E-state index contributed by atoms with van der Waals surface area (Å²) in [6.45, 7) is 1.84. The maximum atomic E-state index is 12.8. The number of hydrogen-bond donors (Lipinski definition) is 1. The van der Waals surface area contributed by atoms with Gasteiger partial charge in [0, 0.05) is 23.1 Å². The monoisotopic (exact) mass is 447 g/mol. The minimum absolute atomic E-state index is 0.159. The number of anilines is 1. The number of nitro benzene ring substituents is 1. The number of non-ortho nitro benzene ring substituents is 1. The van der Waals surface area contributed by atoms with Crippen LogP contribution in [0.1, 0.15) is 22.8 Å². The summed E-state index contributed by atoms with van der Waals surface area (Å²) in [7, 11) is 0. The van der Waals surface area contributed by atoms with Crippen molar-refractivity contribution in [2.24, 2.45) is 0 Å². The second-order valence-corrected chi connectivity index (χ2v) is 7.30. The van der Waals surface area contributed by atoms with Crippen LogP contribution in [0.15, 0.2) is 65.6 Å². The smallest absolute Gasteiger partial charge is 0.341 e. The lowest BCUT2D eigenvalue weighted by molar-refractivity contribution is -0.384. The summed E-state index contributed by atoms with van der Waals surface area (Å²) >= 11 is 1.14. The van der Waals surface area contributed by atoms with E-state index in [-0.39, 0.29) is 28.4 Å². The van der Waals surface area contributed by atoms with E-state index < -0.39 is 16.8 Å². The Morgan fingerprint density at radius 2 is 1.97 bits per heavy atom. The maximum absolute atomic E-state index is 12.8. The zero-order valence-electron chi connectivity index (χ0n) is 16.9. The van der Waals surface area contributed by atoms with E-state index in [4.69, 9.17) is 4.74 Å². The predicted molar refractivity (Wildman–Crippen MR) is 121 cm³/mol. The van der Waals surface area contributed by atoms with Gasteiger partial charge in [0.25, 0.3) is 11.6 Å². The van der Waals surface area contributed by atoms with Crippen molar-refractivity contribution in [3.63, 3.8) is 0 Å². The minimum atomic E-state index is -0.744. The molecule has 9 heteroatoms. The molecule has 3 aromatic rings. The molecule has 1 aromatic heterocycles. The number of thiophene rings is 1. The number of nitro groups is 1. The second kappa shape index (κ2) is 10.1. The highest BCUT2D eigenvalue weighted by Crippen LogP contribution is 2.36. The molecular formula is C23H17N3O5S. The Labute approximate surface area is 187 Å². The molecule has 0 spiro atoms. The number of hydrogen-bond acceptors (Lipinski definition) is 7. The van der Waals surface area contributed by atoms with Gasteiger partial charge in [-0.15, -0.1) is 11.3 Å². The van der Waals surface area contributed by atoms with E-state index in [1.54, 1.807) is 24.4 Å². The Morgan fingerprint density at radius 1 is 1.22 bits per heavy atom. The van der Waals surface area contributed by atoms with Crippen LogP contribution in [0.25, 0.3) is 17.2 Å². The van der Waals surface area contributed by atoms with Gasteiger partial charge in [-0.1, -0.05) is 42.5 Å². The van der Waals surface area contributed by atoms with Crippen LogP contribution in [0.2, 0.25) is 0 Å². The third-order valence-corrected chi connectivity index (χ3v) is 5.23. The molecule has 2 aromatic carbocycles. The first-order chi connectivity index (χ1) is 15.4. The van der Waals surface area contributed by atoms with Crippen molar-refractivity contribution in [3.8, 4) is 17.2 Å². The summed E-state index contributed by atoms with van der Waals surface area (Å²) in [5, 5.41) is 25.0. The van der Waals surface area contributed by atoms with Crippen LogP contribution in [0.3, 0.4) is 0 Å². The topological polar surface area (TPSA) is 122 Å². The van der Waals surface area contributed by atoms with Crippen LogP contribution in [-0.2, 0) is 9.53 Å². The number of ether oxygens (including phenoxy) is 1. The van der Waals surface area contributed by atoms with E-state index >= 15 is 0 Å². The second-order valence-electron chi connectivity index (χ2n) is 6.42. The highest BCUT2D eigenvalue weighted by Gasteiger charge is 2.23. The summed E-state index contributed by atoms with van der Waals surface area (Å²) in [6.07, 6.45) is 1.25. The first-order valence-corrected chi connectivity index (χ1v) is 10.3. The molecule has 0 saturated heterocycles. The van der Waals surface area contributed by atoms with E-state index in [0.717, 1.165) is 16.9 Å². The molecule has 0 radical (unpaired) electrons. The number of nitriles is 1. The molecule has 32 heavy (non-hydrogen) atoms. The van der Waals surface area contributed by atoms with Gasteiger partial charge < -0.3 is 10.1 Å². The Balaban J connectivity index is 1.95. The normalized spacial score (nSPS) is 10.8. The zero-order valence-corrected chi connectivity index (χ0v) is 17.7. The fourth-order valence-corrected chi connectivity index (χ4v) is 3.85. The number of carbonyl (C=O) groups is 2. The fraction of sp³-hybridized carbons (Fsp3) is 0.0870. The fourth-order valence-electron chi connectivity index (χ4n) is 2.90. The van der Waals surface area contributed by atoms with Gasteiger partial charge >= 0.3 is 5.97 Å². The molecule has 0 aliphatic carbocycles. The van der Waals surface area contributed by atoms with Gasteiger partial charge in [0.05, 0.1) is 11.5 Å². The van der Waals surface area contributed by atoms with Gasteiger partial charge in [0.1, 0.15) is 22.2 Å². The van der Waals surface area contributed by atoms with Crippen molar-refractivity contribution < 1.29 is 19.2 Å². The standard InChI is InChI=1S/C23H17N3O5S/c1-2-31-23(28)20-19(16-8-4-3-5-9-16)14-32-22(20)25-21(27)17(13-24)11-15-7-6-10-18(12-15)26(29)30/h3-12,14H,2H2,1H3,(H,25,27)/b17-11+. The first-order valence-electron chi connectivity index (χ1n) is 9.46. The molecule has 0 aliphatic rings. The number of amides is 1. The lowest BCUT2D eigenvalue weighted by atomic mass is 10.0. The van der Waals surface area contributed by atoms with Crippen LogP contribution in [0.4, 0.5) is 10.7 Å². The number of esters is 1. The van der Waals surface area contributed by atoms with Crippen LogP contribution in [0, 0.1) is 21.4 Å². The molecule has 1 heterocycles. The molecule has 0 saturated carbocycles. The molecule has 0 unspecified atom stereocenters. The van der Waals surface area contributed by atoms with Crippen molar-refractivity contribution in [3.05, 3.63) is 86.8 Å². The molecule has 160 valence electrons. The SMILES string of the molecule is CCOC(=O)c1c(-c2ccccc2)csc1NC(=O)/C(C#N)=C/c1cccc([N+](=O)[O-])c1. The summed E-state index contributed by atoms with van der Waals surface area (Å²) in [5.41, 5.74) is 1.48. The quantitative estimate of drug-likeness (QED) is 0.178. The van der Waals surface area contributed by atoms with Crippen LogP contribution in [0.5, 0.6) is 0 Å². The van der Waals surface area contributed by atoms with E-state index in [0.29, 0.717) is 11.1 Å². The number of nitrogens with zero attached hydrogens (tertiary/aromatic N) is 2. The summed E-state index contributed by atoms with van der Waals surface area (Å²) < 4.78 is 5.16. The van der Waals surface area contributed by atoms with Gasteiger partial charge in [-0.3, -0.25) is 14.9 Å². The molecule has 1 amide bonds. The highest BCUT2D eigenvalue weighted by molar-refractivity contribution is 7.15. The Hall–Kier alpha value is -4.29. The van der Waals surface area contributed by atoms with Gasteiger partial charge in [0.2, 0.25) is 0 Å². The van der Waals surface area contributed by atoms with Gasteiger partial charge in [-0.2, -0.15) is 5.26 Å². The number of carbonyl (C=O) groups excluding carboxylic acids is 2. The zero-order chi connectivity index (χ0) is 23.1. The number of nitrogens with one attached hydrogen (secondary N) is 1. The molecule has 8 nitrogen and oxygen atoms in total. The number of rotatable bonds is 7. The van der Waals surface area contributed by atoms with Crippen LogP contribution >= 0.6 is 11.3 Å². The largest absolute Gasteiger partial charge is 0.462 e. The van der Waals surface area contributed by atoms with Crippen molar-refractivity contribution in [2.45, 2.75) is 6.92 Å². The maximum Gasteiger partial charge on any atom is 0.341 e. The molecule has 0 bridgehead atoms. The van der Waals surface area contributed by atoms with Crippen LogP contribution in [-0.4, -0.2) is 23.4 Å². The first kappa shape index (κ1) is 22.4. The molecule has 0 aliphatic heterocycles. The molecule has 0 atom stereocenters. The Bertz CT molecular complexity index is 1240. The molecule has 3 rings (SSSR count). The Morgan fingerprint density at radius 3 is 2.62 bits per heavy atom. The summed E-state index contributed by atoms with van der Waals surface area (Å²) in [4.78, 5) is 35.8. The van der Waals surface area contributed by atoms with Gasteiger partial charge in [-0.05, 0) is 24.1 Å². The summed E-state index contributed by atoms with van der Waals surface area (Å²) in [6, 6.07) is 16.5. The third kappa shape index (κ3) is 5.06. The van der Waals surface area contributed by atoms with E-state index in [9.17, 15) is 25.0 Å². The van der Waals surface area contributed by atoms with Gasteiger partial charge in [0.15, 0.2) is 0 Å². The van der Waals surface area contributed by atoms with Gasteiger partial charge in [-0.25, -0.2) is 4.79 Å². The molecule has 0 fully saturated rings. The summed E-state index contributed by atoms with van der Waals surface area (Å²) in [5.74, 6) is -1.34. The molecule has 1 N–H and O–H groups in total. The van der Waals surface area contributed by atoms with E-state index in [2.05, 4.69) is 5.32 Å². The lowest BCUT2D eigenvalue weighted by Gasteiger charge is -2.08. The van der Waals surface area contributed by atoms with Crippen molar-refractivity contribution in [1.29, 1.82) is 5.26 Å². The third-order valence-electron chi connectivity index (χ3n) is 4.34. The van der Waals surface area contributed by atoms with Crippen molar-refractivity contribution >= 4 is 40.0 Å².